The molecule has 1 saturated carbocycles. The molecule has 1 saturated heterocycles. The van der Waals surface area contributed by atoms with Crippen LogP contribution in [0.2, 0.25) is 5.02 Å². The van der Waals surface area contributed by atoms with E-state index in [4.69, 9.17) is 21.1 Å². The van der Waals surface area contributed by atoms with Gasteiger partial charge < -0.3 is 14.8 Å². The topological polar surface area (TPSA) is 84.9 Å². The number of sulfonamides is 1. The maximum atomic E-state index is 13.0. The maximum Gasteiger partial charge on any atom is 0.258 e. The van der Waals surface area contributed by atoms with Crippen molar-refractivity contribution in [1.29, 1.82) is 0 Å². The molecule has 0 atom stereocenters. The summed E-state index contributed by atoms with van der Waals surface area (Å²) in [6.07, 6.45) is 5.39. The van der Waals surface area contributed by atoms with E-state index < -0.39 is 10.0 Å². The number of ether oxygens (including phenoxy) is 2. The third kappa shape index (κ3) is 5.34. The second-order valence-corrected chi connectivity index (χ2v) is 9.14. The van der Waals surface area contributed by atoms with Crippen LogP contribution in [0, 0.1) is 0 Å². The lowest BCUT2D eigenvalue weighted by Gasteiger charge is -2.27. The van der Waals surface area contributed by atoms with Crippen molar-refractivity contribution in [3.05, 3.63) is 23.2 Å². The minimum absolute atomic E-state index is 0.0256. The number of nitrogens with zero attached hydrogens (tertiary/aromatic N) is 1. The first-order chi connectivity index (χ1) is 13.0. The molecule has 7 nitrogen and oxygen atoms in total. The van der Waals surface area contributed by atoms with E-state index in [1.165, 1.54) is 22.9 Å². The molecular weight excluding hydrogens is 392 g/mol. The van der Waals surface area contributed by atoms with Crippen LogP contribution in [0.4, 0.5) is 0 Å². The number of morpholine rings is 1. The summed E-state index contributed by atoms with van der Waals surface area (Å²) < 4.78 is 38.0. The van der Waals surface area contributed by atoms with Gasteiger partial charge in [-0.2, -0.15) is 4.31 Å². The molecule has 0 spiro atoms. The highest BCUT2D eigenvalue weighted by atomic mass is 35.5. The molecule has 0 radical (unpaired) electrons. The molecular formula is C18H25ClN2O5S. The van der Waals surface area contributed by atoms with Gasteiger partial charge in [-0.05, 0) is 31.0 Å². The van der Waals surface area contributed by atoms with E-state index in [0.717, 1.165) is 25.7 Å². The molecule has 1 aromatic rings. The molecule has 1 aliphatic carbocycles. The highest BCUT2D eigenvalue weighted by Gasteiger charge is 2.30. The highest BCUT2D eigenvalue weighted by Crippen LogP contribution is 2.30. The lowest BCUT2D eigenvalue weighted by Crippen LogP contribution is -2.41. The summed E-state index contributed by atoms with van der Waals surface area (Å²) >= 11 is 6.01. The molecule has 150 valence electrons. The Hall–Kier alpha value is -1.35. The van der Waals surface area contributed by atoms with Crippen LogP contribution in [-0.4, -0.2) is 57.6 Å². The molecule has 3 rings (SSSR count). The van der Waals surface area contributed by atoms with Crippen molar-refractivity contribution in [2.24, 2.45) is 0 Å². The van der Waals surface area contributed by atoms with Crippen molar-refractivity contribution < 1.29 is 22.7 Å². The predicted octanol–water partition coefficient (Wildman–Crippen LogP) is 2.19. The zero-order valence-electron chi connectivity index (χ0n) is 15.2. The van der Waals surface area contributed by atoms with Crippen LogP contribution in [0.25, 0.3) is 0 Å². The van der Waals surface area contributed by atoms with Gasteiger partial charge >= 0.3 is 0 Å². The van der Waals surface area contributed by atoms with Gasteiger partial charge in [-0.15, -0.1) is 0 Å². The summed E-state index contributed by atoms with van der Waals surface area (Å²) in [7, 11) is -3.78. The van der Waals surface area contributed by atoms with Crippen LogP contribution >= 0.6 is 11.6 Å². The Labute approximate surface area is 165 Å². The second-order valence-electron chi connectivity index (χ2n) is 6.80. The molecule has 9 heteroatoms. The fourth-order valence-corrected chi connectivity index (χ4v) is 5.19. The summed E-state index contributed by atoms with van der Waals surface area (Å²) in [5.41, 5.74) is 0. The van der Waals surface area contributed by atoms with Gasteiger partial charge in [-0.3, -0.25) is 4.79 Å². The first-order valence-electron chi connectivity index (χ1n) is 9.26. The van der Waals surface area contributed by atoms with E-state index in [1.807, 2.05) is 0 Å². The van der Waals surface area contributed by atoms with Gasteiger partial charge in [0.25, 0.3) is 5.91 Å². The van der Waals surface area contributed by atoms with Gasteiger partial charge in [-0.25, -0.2) is 8.42 Å². The zero-order valence-corrected chi connectivity index (χ0v) is 16.7. The van der Waals surface area contributed by atoms with E-state index in [-0.39, 0.29) is 42.3 Å². The van der Waals surface area contributed by atoms with E-state index >= 15 is 0 Å². The predicted molar refractivity (Wildman–Crippen MR) is 102 cm³/mol. The summed E-state index contributed by atoms with van der Waals surface area (Å²) in [6.45, 7) is 1.01. The Bertz CT molecular complexity index is 759. The number of rotatable bonds is 6. The van der Waals surface area contributed by atoms with Gasteiger partial charge in [-0.1, -0.05) is 30.9 Å². The Morgan fingerprint density at radius 3 is 2.63 bits per heavy atom. The number of hydrogen-bond acceptors (Lipinski definition) is 5. The van der Waals surface area contributed by atoms with Crippen LogP contribution in [-0.2, 0) is 19.6 Å². The number of benzene rings is 1. The Morgan fingerprint density at radius 2 is 1.93 bits per heavy atom. The molecule has 0 aromatic heterocycles. The van der Waals surface area contributed by atoms with Crippen molar-refractivity contribution >= 4 is 27.5 Å². The van der Waals surface area contributed by atoms with Crippen LogP contribution in [0.3, 0.4) is 0 Å². The minimum atomic E-state index is -3.78. The number of halogens is 1. The molecule has 1 aromatic carbocycles. The number of carbonyl (C=O) groups excluding carboxylic acids is 1. The van der Waals surface area contributed by atoms with E-state index in [2.05, 4.69) is 5.32 Å². The van der Waals surface area contributed by atoms with Crippen molar-refractivity contribution in [1.82, 2.24) is 9.62 Å². The third-order valence-electron chi connectivity index (χ3n) is 4.82. The van der Waals surface area contributed by atoms with Gasteiger partial charge in [0.05, 0.1) is 13.2 Å². The lowest BCUT2D eigenvalue weighted by atomic mass is 9.95. The molecule has 2 aliphatic rings. The highest BCUT2D eigenvalue weighted by molar-refractivity contribution is 7.89. The fraction of sp³-hybridized carbons (Fsp3) is 0.611. The summed E-state index contributed by atoms with van der Waals surface area (Å²) in [6, 6.07) is 4.58. The van der Waals surface area contributed by atoms with Crippen LogP contribution < -0.4 is 10.1 Å². The quantitative estimate of drug-likeness (QED) is 0.768. The second kappa shape index (κ2) is 9.23. The SMILES string of the molecule is O=C(COc1ccc(Cl)cc1S(=O)(=O)N1CCOCC1)NC1CCCCC1. The molecule has 0 bridgehead atoms. The Morgan fingerprint density at radius 1 is 1.22 bits per heavy atom. The Kier molecular flexibility index (Phi) is 6.97. The Balaban J connectivity index is 1.69. The van der Waals surface area contributed by atoms with E-state index in [9.17, 15) is 13.2 Å². The van der Waals surface area contributed by atoms with E-state index in [1.54, 1.807) is 6.07 Å². The molecule has 27 heavy (non-hydrogen) atoms. The number of hydrogen-bond donors (Lipinski definition) is 1. The first-order valence-corrected chi connectivity index (χ1v) is 11.1. The summed E-state index contributed by atoms with van der Waals surface area (Å²) in [5.74, 6) is -0.115. The molecule has 1 N–H and O–H groups in total. The minimum Gasteiger partial charge on any atom is -0.482 e. The normalized spacial score (nSPS) is 19.6. The molecule has 1 heterocycles. The lowest BCUT2D eigenvalue weighted by molar-refractivity contribution is -0.124. The van der Waals surface area contributed by atoms with Gasteiger partial charge in [0.2, 0.25) is 10.0 Å². The maximum absolute atomic E-state index is 13.0. The smallest absolute Gasteiger partial charge is 0.258 e. The average molecular weight is 417 g/mol. The van der Waals surface area contributed by atoms with E-state index in [0.29, 0.717) is 18.2 Å². The average Bonchev–Trinajstić information content (AvgIpc) is 2.68. The largest absolute Gasteiger partial charge is 0.482 e. The molecule has 0 unspecified atom stereocenters. The van der Waals surface area contributed by atoms with Crippen LogP contribution in [0.1, 0.15) is 32.1 Å². The zero-order chi connectivity index (χ0) is 19.3. The number of nitrogens with one attached hydrogen (secondary N) is 1. The molecule has 2 fully saturated rings. The first kappa shape index (κ1) is 20.4. The van der Waals surface area contributed by atoms with Crippen LogP contribution in [0.15, 0.2) is 23.1 Å². The number of carbonyl (C=O) groups is 1. The molecule has 1 amide bonds. The number of amides is 1. The van der Waals surface area contributed by atoms with Crippen molar-refractivity contribution in [3.8, 4) is 5.75 Å². The van der Waals surface area contributed by atoms with Gasteiger partial charge in [0, 0.05) is 24.2 Å². The van der Waals surface area contributed by atoms with Crippen molar-refractivity contribution in [2.45, 2.75) is 43.0 Å². The van der Waals surface area contributed by atoms with Crippen LogP contribution in [0.5, 0.6) is 5.75 Å². The molecule has 1 aliphatic heterocycles. The van der Waals surface area contributed by atoms with Gasteiger partial charge in [0.15, 0.2) is 6.61 Å². The third-order valence-corrected chi connectivity index (χ3v) is 6.98. The standard InChI is InChI=1S/C18H25ClN2O5S/c19-14-6-7-16(26-13-18(22)20-15-4-2-1-3-5-15)17(12-14)27(23,24)21-8-10-25-11-9-21/h6-7,12,15H,1-5,8-11,13H2,(H,20,22). The van der Waals surface area contributed by atoms with Crippen molar-refractivity contribution in [3.63, 3.8) is 0 Å². The van der Waals surface area contributed by atoms with Crippen molar-refractivity contribution in [2.75, 3.05) is 32.9 Å². The summed E-state index contributed by atoms with van der Waals surface area (Å²) in [4.78, 5) is 12.2. The van der Waals surface area contributed by atoms with Gasteiger partial charge in [0.1, 0.15) is 10.6 Å². The summed E-state index contributed by atoms with van der Waals surface area (Å²) in [5, 5.41) is 3.25. The fourth-order valence-electron chi connectivity index (χ4n) is 3.39. The monoisotopic (exact) mass is 416 g/mol.